The monoisotopic (exact) mass is 295 g/mol. The van der Waals surface area contributed by atoms with Gasteiger partial charge >= 0.3 is 0 Å². The van der Waals surface area contributed by atoms with Gasteiger partial charge in [0.15, 0.2) is 0 Å². The van der Waals surface area contributed by atoms with Crippen LogP contribution in [0.25, 0.3) is 0 Å². The number of nitrogens with two attached hydrogens (primary N) is 1. The van der Waals surface area contributed by atoms with E-state index < -0.39 is 15.6 Å². The first-order valence-corrected chi connectivity index (χ1v) is 7.76. The van der Waals surface area contributed by atoms with E-state index in [4.69, 9.17) is 15.7 Å². The Bertz CT molecular complexity index is 643. The van der Waals surface area contributed by atoms with E-state index in [0.29, 0.717) is 25.3 Å². The molecule has 1 atom stereocenters. The highest BCUT2D eigenvalue weighted by Crippen LogP contribution is 2.24. The molecule has 1 unspecified atom stereocenters. The fraction of sp³-hybridized carbons (Fsp3) is 0.462. The van der Waals surface area contributed by atoms with Crippen LogP contribution in [-0.2, 0) is 14.8 Å². The van der Waals surface area contributed by atoms with Gasteiger partial charge in [-0.25, -0.2) is 13.1 Å². The molecule has 0 aliphatic carbocycles. The minimum absolute atomic E-state index is 0.0397. The summed E-state index contributed by atoms with van der Waals surface area (Å²) in [5.41, 5.74) is 5.32. The number of rotatable bonds is 3. The predicted molar refractivity (Wildman–Crippen MR) is 74.3 cm³/mol. The van der Waals surface area contributed by atoms with Crippen LogP contribution in [0.2, 0.25) is 0 Å². The van der Waals surface area contributed by atoms with Gasteiger partial charge in [0.05, 0.1) is 22.6 Å². The summed E-state index contributed by atoms with van der Waals surface area (Å²) in [4.78, 5) is -0.0546. The van der Waals surface area contributed by atoms with Gasteiger partial charge in [0.1, 0.15) is 6.07 Å². The van der Waals surface area contributed by atoms with Crippen molar-refractivity contribution in [3.05, 3.63) is 23.8 Å². The van der Waals surface area contributed by atoms with Crippen LogP contribution in [0.15, 0.2) is 23.1 Å². The number of hydrogen-bond donors (Lipinski definition) is 2. The molecule has 1 aromatic carbocycles. The Morgan fingerprint density at radius 1 is 1.50 bits per heavy atom. The van der Waals surface area contributed by atoms with Crippen molar-refractivity contribution >= 4 is 15.7 Å². The summed E-state index contributed by atoms with van der Waals surface area (Å²) in [6.45, 7) is 2.76. The average molecular weight is 295 g/mol. The predicted octanol–water partition coefficient (Wildman–Crippen LogP) is 0.988. The molecule has 0 bridgehead atoms. The summed E-state index contributed by atoms with van der Waals surface area (Å²) in [6, 6.07) is 6.04. The van der Waals surface area contributed by atoms with Gasteiger partial charge in [0.2, 0.25) is 10.0 Å². The van der Waals surface area contributed by atoms with Crippen molar-refractivity contribution in [2.45, 2.75) is 30.2 Å². The van der Waals surface area contributed by atoms with Crippen molar-refractivity contribution in [3.63, 3.8) is 0 Å². The zero-order valence-corrected chi connectivity index (χ0v) is 12.0. The number of nitriles is 1. The molecule has 108 valence electrons. The first kappa shape index (κ1) is 14.8. The minimum atomic E-state index is -3.79. The third-order valence-electron chi connectivity index (χ3n) is 3.23. The molecular formula is C13H17N3O3S. The Balaban J connectivity index is 2.34. The van der Waals surface area contributed by atoms with Gasteiger partial charge in [-0.2, -0.15) is 5.26 Å². The summed E-state index contributed by atoms with van der Waals surface area (Å²) in [5.74, 6) is 0. The van der Waals surface area contributed by atoms with Gasteiger partial charge in [-0.3, -0.25) is 0 Å². The molecule has 0 saturated carbocycles. The number of nitrogen functional groups attached to an aromatic ring is 1. The normalized spacial score (nSPS) is 23.2. The van der Waals surface area contributed by atoms with Crippen LogP contribution in [0.4, 0.5) is 5.69 Å². The third kappa shape index (κ3) is 3.10. The number of nitrogens with zero attached hydrogens (tertiary/aromatic N) is 1. The highest BCUT2D eigenvalue weighted by atomic mass is 32.2. The average Bonchev–Trinajstić information content (AvgIpc) is 2.37. The van der Waals surface area contributed by atoms with Gasteiger partial charge in [-0.15, -0.1) is 0 Å². The fourth-order valence-electron chi connectivity index (χ4n) is 2.26. The number of anilines is 1. The van der Waals surface area contributed by atoms with Crippen molar-refractivity contribution < 1.29 is 13.2 Å². The lowest BCUT2D eigenvalue weighted by Gasteiger charge is -2.33. The highest BCUT2D eigenvalue weighted by Gasteiger charge is 2.33. The quantitative estimate of drug-likeness (QED) is 0.809. The van der Waals surface area contributed by atoms with E-state index in [2.05, 4.69) is 4.72 Å². The van der Waals surface area contributed by atoms with Crippen molar-refractivity contribution in [1.29, 1.82) is 5.26 Å². The fourth-order valence-corrected chi connectivity index (χ4v) is 3.82. The topological polar surface area (TPSA) is 105 Å². The standard InChI is InChI=1S/C13H17N3O3S/c1-13(5-2-6-19-9-13)16-20(17,18)12-4-3-11(15)7-10(12)8-14/h3-4,7,16H,2,5-6,9,15H2,1H3. The summed E-state index contributed by atoms with van der Waals surface area (Å²) >= 11 is 0. The van der Waals surface area contributed by atoms with Crippen LogP contribution in [0, 0.1) is 11.3 Å². The lowest BCUT2D eigenvalue weighted by molar-refractivity contribution is 0.0386. The zero-order valence-electron chi connectivity index (χ0n) is 11.2. The summed E-state index contributed by atoms with van der Waals surface area (Å²) < 4.78 is 32.8. The van der Waals surface area contributed by atoms with E-state index in [-0.39, 0.29) is 10.5 Å². The molecule has 0 amide bonds. The van der Waals surface area contributed by atoms with Crippen LogP contribution in [0.5, 0.6) is 0 Å². The minimum Gasteiger partial charge on any atom is -0.399 e. The number of sulfonamides is 1. The highest BCUT2D eigenvalue weighted by molar-refractivity contribution is 7.89. The lowest BCUT2D eigenvalue weighted by Crippen LogP contribution is -2.51. The zero-order chi connectivity index (χ0) is 14.8. The van der Waals surface area contributed by atoms with E-state index >= 15 is 0 Å². The van der Waals surface area contributed by atoms with E-state index in [9.17, 15) is 8.42 Å². The molecule has 20 heavy (non-hydrogen) atoms. The van der Waals surface area contributed by atoms with Crippen LogP contribution >= 0.6 is 0 Å². The third-order valence-corrected chi connectivity index (χ3v) is 4.93. The molecule has 0 aromatic heterocycles. The molecular weight excluding hydrogens is 278 g/mol. The van der Waals surface area contributed by atoms with E-state index in [1.165, 1.54) is 18.2 Å². The molecule has 1 aliphatic heterocycles. The van der Waals surface area contributed by atoms with Crippen molar-refractivity contribution in [2.24, 2.45) is 0 Å². The molecule has 1 heterocycles. The SMILES string of the molecule is CC1(NS(=O)(=O)c2ccc(N)cc2C#N)CCCOC1. The van der Waals surface area contributed by atoms with Gasteiger partial charge < -0.3 is 10.5 Å². The summed E-state index contributed by atoms with van der Waals surface area (Å²) in [7, 11) is -3.79. The number of nitrogens with one attached hydrogen (secondary N) is 1. The second-order valence-corrected chi connectivity index (χ2v) is 6.84. The van der Waals surface area contributed by atoms with E-state index in [1.807, 2.05) is 6.07 Å². The second kappa shape index (κ2) is 5.40. The first-order valence-electron chi connectivity index (χ1n) is 6.28. The van der Waals surface area contributed by atoms with Crippen molar-refractivity contribution in [1.82, 2.24) is 4.72 Å². The largest absolute Gasteiger partial charge is 0.399 e. The van der Waals surface area contributed by atoms with Crippen molar-refractivity contribution in [3.8, 4) is 6.07 Å². The van der Waals surface area contributed by atoms with E-state index in [1.54, 1.807) is 6.92 Å². The Labute approximate surface area is 118 Å². The van der Waals surface area contributed by atoms with Crippen LogP contribution in [-0.4, -0.2) is 27.2 Å². The Morgan fingerprint density at radius 3 is 2.85 bits per heavy atom. The molecule has 3 N–H and O–H groups in total. The molecule has 7 heteroatoms. The maximum atomic E-state index is 12.4. The molecule has 1 aromatic rings. The molecule has 1 aliphatic rings. The van der Waals surface area contributed by atoms with Crippen LogP contribution in [0.1, 0.15) is 25.3 Å². The summed E-state index contributed by atoms with van der Waals surface area (Å²) in [6.07, 6.45) is 1.49. The van der Waals surface area contributed by atoms with Crippen LogP contribution < -0.4 is 10.5 Å². The maximum absolute atomic E-state index is 12.4. The van der Waals surface area contributed by atoms with Gasteiger partial charge in [0, 0.05) is 12.3 Å². The second-order valence-electron chi connectivity index (χ2n) is 5.19. The number of hydrogen-bond acceptors (Lipinski definition) is 5. The summed E-state index contributed by atoms with van der Waals surface area (Å²) in [5, 5.41) is 9.05. The Hall–Kier alpha value is -1.62. The van der Waals surface area contributed by atoms with Crippen LogP contribution in [0.3, 0.4) is 0 Å². The van der Waals surface area contributed by atoms with Crippen molar-refractivity contribution in [2.75, 3.05) is 18.9 Å². The van der Waals surface area contributed by atoms with Gasteiger partial charge in [-0.05, 0) is 38.0 Å². The Morgan fingerprint density at radius 2 is 2.25 bits per heavy atom. The molecule has 0 spiro atoms. The maximum Gasteiger partial charge on any atom is 0.242 e. The number of ether oxygens (including phenoxy) is 1. The molecule has 6 nitrogen and oxygen atoms in total. The molecule has 0 radical (unpaired) electrons. The van der Waals surface area contributed by atoms with Gasteiger partial charge in [0.25, 0.3) is 0 Å². The first-order chi connectivity index (χ1) is 9.36. The van der Waals surface area contributed by atoms with Gasteiger partial charge in [-0.1, -0.05) is 0 Å². The van der Waals surface area contributed by atoms with E-state index in [0.717, 1.165) is 6.42 Å². The smallest absolute Gasteiger partial charge is 0.242 e. The molecule has 2 rings (SSSR count). The molecule has 1 fully saturated rings. The lowest BCUT2D eigenvalue weighted by atomic mass is 9.97. The number of benzene rings is 1. The molecule has 1 saturated heterocycles. The Kier molecular flexibility index (Phi) is 3.99.